The fraction of sp³-hybridized carbons (Fsp3) is 0.231. The van der Waals surface area contributed by atoms with E-state index in [2.05, 4.69) is 0 Å². The molecule has 0 fully saturated rings. The van der Waals surface area contributed by atoms with Crippen molar-refractivity contribution in [2.75, 3.05) is 7.11 Å². The number of benzene rings is 1. The lowest BCUT2D eigenvalue weighted by molar-refractivity contribution is 0.0685. The van der Waals surface area contributed by atoms with Crippen LogP contribution in [0.1, 0.15) is 16.1 Å². The van der Waals surface area contributed by atoms with Crippen molar-refractivity contribution in [1.29, 1.82) is 0 Å². The lowest BCUT2D eigenvalue weighted by Gasteiger charge is -2.12. The molecule has 1 heterocycles. The average molecular weight is 247 g/mol. The van der Waals surface area contributed by atoms with Gasteiger partial charge in [0.15, 0.2) is 5.43 Å². The van der Waals surface area contributed by atoms with Crippen LogP contribution in [-0.4, -0.2) is 22.8 Å². The second-order valence-corrected chi connectivity index (χ2v) is 4.05. The van der Waals surface area contributed by atoms with Crippen LogP contribution in [0.4, 0.5) is 0 Å². The topological polar surface area (TPSA) is 68.5 Å². The van der Waals surface area contributed by atoms with Crippen molar-refractivity contribution in [2.24, 2.45) is 7.05 Å². The van der Waals surface area contributed by atoms with Gasteiger partial charge in [0.2, 0.25) is 0 Å². The highest BCUT2D eigenvalue weighted by Crippen LogP contribution is 2.20. The normalized spacial score (nSPS) is 10.6. The van der Waals surface area contributed by atoms with Crippen LogP contribution in [0.25, 0.3) is 10.9 Å². The predicted molar refractivity (Wildman–Crippen MR) is 67.4 cm³/mol. The number of methoxy groups -OCH3 is 1. The monoisotopic (exact) mass is 247 g/mol. The molecule has 0 radical (unpaired) electrons. The first kappa shape index (κ1) is 12.2. The number of carboxylic acids is 1. The van der Waals surface area contributed by atoms with Crippen molar-refractivity contribution >= 4 is 16.9 Å². The van der Waals surface area contributed by atoms with Crippen molar-refractivity contribution in [3.63, 3.8) is 0 Å². The summed E-state index contributed by atoms with van der Waals surface area (Å²) >= 11 is 0. The van der Waals surface area contributed by atoms with Gasteiger partial charge in [-0.2, -0.15) is 0 Å². The zero-order chi connectivity index (χ0) is 13.4. The van der Waals surface area contributed by atoms with Crippen LogP contribution in [0.3, 0.4) is 0 Å². The fourth-order valence-corrected chi connectivity index (χ4v) is 2.10. The van der Waals surface area contributed by atoms with E-state index < -0.39 is 5.97 Å². The van der Waals surface area contributed by atoms with E-state index in [-0.39, 0.29) is 16.7 Å². The summed E-state index contributed by atoms with van der Waals surface area (Å²) in [6, 6.07) is 5.00. The predicted octanol–water partition coefficient (Wildman–Crippen LogP) is 1.55. The SMILES string of the molecule is COc1ccc2c(c1)c(=O)c(C)c(C(=O)O)n2C. The minimum absolute atomic E-state index is 0.0117. The maximum atomic E-state index is 12.1. The summed E-state index contributed by atoms with van der Waals surface area (Å²) in [5.74, 6) is -0.535. The summed E-state index contributed by atoms with van der Waals surface area (Å²) in [7, 11) is 3.15. The largest absolute Gasteiger partial charge is 0.497 e. The van der Waals surface area contributed by atoms with Crippen molar-refractivity contribution in [3.8, 4) is 5.75 Å². The minimum Gasteiger partial charge on any atom is -0.497 e. The Kier molecular flexibility index (Phi) is 2.82. The number of fused-ring (bicyclic) bond motifs is 1. The molecule has 5 nitrogen and oxygen atoms in total. The molecule has 1 N–H and O–H groups in total. The standard InChI is InChI=1S/C13H13NO4/c1-7-11(13(16)17)14(2)10-5-4-8(18-3)6-9(10)12(7)15/h4-6H,1-3H3,(H,16,17). The summed E-state index contributed by atoms with van der Waals surface area (Å²) in [6.45, 7) is 1.52. The van der Waals surface area contributed by atoms with E-state index in [1.807, 2.05) is 0 Å². The Morgan fingerprint density at radius 2 is 2.06 bits per heavy atom. The molecule has 5 heteroatoms. The highest BCUT2D eigenvalue weighted by molar-refractivity contribution is 5.92. The van der Waals surface area contributed by atoms with E-state index in [1.165, 1.54) is 18.6 Å². The molecule has 0 atom stereocenters. The number of carbonyl (C=O) groups is 1. The van der Waals surface area contributed by atoms with Crippen LogP contribution in [0, 0.1) is 6.92 Å². The van der Waals surface area contributed by atoms with Crippen LogP contribution < -0.4 is 10.2 Å². The molecule has 0 unspecified atom stereocenters. The first-order valence-corrected chi connectivity index (χ1v) is 5.38. The molecule has 0 aliphatic rings. The number of hydrogen-bond acceptors (Lipinski definition) is 3. The molecule has 0 aliphatic heterocycles. The van der Waals surface area contributed by atoms with Crippen molar-refractivity contribution in [3.05, 3.63) is 39.7 Å². The first-order chi connectivity index (χ1) is 8.47. The zero-order valence-electron chi connectivity index (χ0n) is 10.4. The number of hydrogen-bond donors (Lipinski definition) is 1. The van der Waals surface area contributed by atoms with Gasteiger partial charge in [0.05, 0.1) is 12.6 Å². The molecule has 0 bridgehead atoms. The maximum absolute atomic E-state index is 12.1. The molecule has 0 saturated heterocycles. The Morgan fingerprint density at radius 1 is 1.39 bits per heavy atom. The van der Waals surface area contributed by atoms with Crippen molar-refractivity contribution in [1.82, 2.24) is 4.57 Å². The number of carboxylic acid groups (broad SMARTS) is 1. The van der Waals surface area contributed by atoms with Crippen molar-refractivity contribution in [2.45, 2.75) is 6.92 Å². The van der Waals surface area contributed by atoms with Crippen LogP contribution >= 0.6 is 0 Å². The molecule has 0 amide bonds. The maximum Gasteiger partial charge on any atom is 0.352 e. The third-order valence-corrected chi connectivity index (χ3v) is 3.04. The smallest absolute Gasteiger partial charge is 0.352 e. The molecule has 1 aromatic heterocycles. The number of nitrogens with zero attached hydrogens (tertiary/aromatic N) is 1. The van der Waals surface area contributed by atoms with E-state index in [0.29, 0.717) is 16.7 Å². The summed E-state index contributed by atoms with van der Waals surface area (Å²) in [5, 5.41) is 9.60. The third-order valence-electron chi connectivity index (χ3n) is 3.04. The van der Waals surface area contributed by atoms with Gasteiger partial charge in [-0.15, -0.1) is 0 Å². The Balaban J connectivity index is 2.97. The van der Waals surface area contributed by atoms with E-state index >= 15 is 0 Å². The lowest BCUT2D eigenvalue weighted by Crippen LogP contribution is -2.20. The molecule has 18 heavy (non-hydrogen) atoms. The highest BCUT2D eigenvalue weighted by Gasteiger charge is 2.17. The Labute approximate surface area is 103 Å². The number of rotatable bonds is 2. The molecular weight excluding hydrogens is 234 g/mol. The van der Waals surface area contributed by atoms with Crippen LogP contribution in [0.5, 0.6) is 5.75 Å². The number of pyridine rings is 1. The molecule has 1 aromatic carbocycles. The zero-order valence-corrected chi connectivity index (χ0v) is 10.4. The Hall–Kier alpha value is -2.30. The van der Waals surface area contributed by atoms with Gasteiger partial charge < -0.3 is 14.4 Å². The van der Waals surface area contributed by atoms with Crippen LogP contribution in [-0.2, 0) is 7.05 Å². The van der Waals surface area contributed by atoms with Gasteiger partial charge in [-0.05, 0) is 25.1 Å². The fourth-order valence-electron chi connectivity index (χ4n) is 2.10. The van der Waals surface area contributed by atoms with Crippen LogP contribution in [0.2, 0.25) is 0 Å². The molecule has 94 valence electrons. The summed E-state index contributed by atoms with van der Waals surface area (Å²) in [5.41, 5.74) is 0.534. The van der Waals surface area contributed by atoms with E-state index in [1.54, 1.807) is 25.2 Å². The summed E-state index contributed by atoms with van der Waals surface area (Å²) in [4.78, 5) is 23.3. The molecule has 2 aromatic rings. The number of aryl methyl sites for hydroxylation is 1. The third kappa shape index (κ3) is 1.64. The average Bonchev–Trinajstić information content (AvgIpc) is 2.35. The number of aromatic nitrogens is 1. The van der Waals surface area contributed by atoms with Gasteiger partial charge in [0.1, 0.15) is 11.4 Å². The Morgan fingerprint density at radius 3 is 2.61 bits per heavy atom. The van der Waals surface area contributed by atoms with Crippen LogP contribution in [0.15, 0.2) is 23.0 Å². The summed E-state index contributed by atoms with van der Waals surface area (Å²) in [6.07, 6.45) is 0. The van der Waals surface area contributed by atoms with Gasteiger partial charge in [-0.1, -0.05) is 0 Å². The van der Waals surface area contributed by atoms with Gasteiger partial charge in [0, 0.05) is 18.0 Å². The van der Waals surface area contributed by atoms with E-state index in [9.17, 15) is 9.59 Å². The van der Waals surface area contributed by atoms with Gasteiger partial charge in [0.25, 0.3) is 0 Å². The Bertz CT molecular complexity index is 700. The van der Waals surface area contributed by atoms with Gasteiger partial charge in [-0.3, -0.25) is 4.79 Å². The van der Waals surface area contributed by atoms with E-state index in [4.69, 9.17) is 9.84 Å². The number of ether oxygens (including phenoxy) is 1. The lowest BCUT2D eigenvalue weighted by atomic mass is 10.1. The molecule has 0 saturated carbocycles. The summed E-state index contributed by atoms with van der Waals surface area (Å²) < 4.78 is 6.58. The van der Waals surface area contributed by atoms with Gasteiger partial charge >= 0.3 is 5.97 Å². The molecule has 0 aliphatic carbocycles. The highest BCUT2D eigenvalue weighted by atomic mass is 16.5. The second kappa shape index (κ2) is 4.18. The van der Waals surface area contributed by atoms with E-state index in [0.717, 1.165) is 0 Å². The minimum atomic E-state index is -1.11. The molecule has 2 rings (SSSR count). The first-order valence-electron chi connectivity index (χ1n) is 5.38. The quantitative estimate of drug-likeness (QED) is 0.874. The molecule has 0 spiro atoms. The number of aromatic carboxylic acids is 1. The second-order valence-electron chi connectivity index (χ2n) is 4.05. The van der Waals surface area contributed by atoms with Gasteiger partial charge in [-0.25, -0.2) is 4.79 Å². The van der Waals surface area contributed by atoms with Crippen molar-refractivity contribution < 1.29 is 14.6 Å². The molecular formula is C13H13NO4.